The monoisotopic (exact) mass is 210 g/mol. The molecule has 0 saturated carbocycles. The fourth-order valence-corrected chi connectivity index (χ4v) is 1.64. The molecule has 1 atom stereocenters. The maximum Gasteiger partial charge on any atom is 0.202 e. The van der Waals surface area contributed by atoms with Crippen LogP contribution in [0.5, 0.6) is 0 Å². The summed E-state index contributed by atoms with van der Waals surface area (Å²) in [7, 11) is 0. The Kier molecular flexibility index (Phi) is 4.62. The Morgan fingerprint density at radius 1 is 1.53 bits per heavy atom. The van der Waals surface area contributed by atoms with Gasteiger partial charge in [0.15, 0.2) is 0 Å². The van der Waals surface area contributed by atoms with Gasteiger partial charge in [-0.15, -0.1) is 0 Å². The van der Waals surface area contributed by atoms with Crippen molar-refractivity contribution < 1.29 is 0 Å². The van der Waals surface area contributed by atoms with E-state index in [9.17, 15) is 0 Å². The molecule has 0 aliphatic heterocycles. The number of anilines is 1. The second-order valence-electron chi connectivity index (χ2n) is 4.31. The Hall–Kier alpha value is -1.03. The minimum Gasteiger partial charge on any atom is -0.354 e. The highest BCUT2D eigenvalue weighted by molar-refractivity contribution is 5.25. The first kappa shape index (κ1) is 12.0. The summed E-state index contributed by atoms with van der Waals surface area (Å²) >= 11 is 0. The van der Waals surface area contributed by atoms with Crippen molar-refractivity contribution in [2.75, 3.05) is 11.9 Å². The number of nitrogens with zero attached hydrogens (tertiary/aromatic N) is 2. The summed E-state index contributed by atoms with van der Waals surface area (Å²) in [5, 5.41) is 3.28. The second kappa shape index (κ2) is 5.75. The number of aromatic nitrogens is 2. The molecule has 0 spiro atoms. The van der Waals surface area contributed by atoms with Gasteiger partial charge in [0.2, 0.25) is 5.95 Å². The van der Waals surface area contributed by atoms with Gasteiger partial charge < -0.3 is 15.6 Å². The summed E-state index contributed by atoms with van der Waals surface area (Å²) in [5.74, 6) is 1.56. The van der Waals surface area contributed by atoms with Crippen molar-refractivity contribution in [2.24, 2.45) is 11.7 Å². The summed E-state index contributed by atoms with van der Waals surface area (Å²) in [6, 6.07) is 0.201. The molecule has 4 heteroatoms. The topological polar surface area (TPSA) is 55.9 Å². The van der Waals surface area contributed by atoms with E-state index in [-0.39, 0.29) is 6.04 Å². The third-order valence-electron chi connectivity index (χ3n) is 2.35. The van der Waals surface area contributed by atoms with E-state index in [1.807, 2.05) is 6.20 Å². The number of hydrogen-bond donors (Lipinski definition) is 2. The SMILES string of the molecule is CCn1ccnc1NCC(N)CC(C)C. The van der Waals surface area contributed by atoms with Crippen LogP contribution in [-0.4, -0.2) is 22.1 Å². The quantitative estimate of drug-likeness (QED) is 0.751. The van der Waals surface area contributed by atoms with E-state index in [0.717, 1.165) is 25.5 Å². The van der Waals surface area contributed by atoms with Crippen molar-refractivity contribution in [1.82, 2.24) is 9.55 Å². The molecule has 0 aliphatic carbocycles. The minimum absolute atomic E-state index is 0.201. The number of rotatable bonds is 6. The van der Waals surface area contributed by atoms with Gasteiger partial charge in [-0.05, 0) is 19.3 Å². The maximum atomic E-state index is 5.98. The van der Waals surface area contributed by atoms with Crippen LogP contribution in [0.15, 0.2) is 12.4 Å². The van der Waals surface area contributed by atoms with Crippen molar-refractivity contribution in [3.05, 3.63) is 12.4 Å². The Morgan fingerprint density at radius 3 is 2.87 bits per heavy atom. The van der Waals surface area contributed by atoms with E-state index >= 15 is 0 Å². The van der Waals surface area contributed by atoms with Crippen molar-refractivity contribution >= 4 is 5.95 Å². The Balaban J connectivity index is 2.36. The van der Waals surface area contributed by atoms with Crippen molar-refractivity contribution in [1.29, 1.82) is 0 Å². The third-order valence-corrected chi connectivity index (χ3v) is 2.35. The lowest BCUT2D eigenvalue weighted by Crippen LogP contribution is -2.31. The van der Waals surface area contributed by atoms with Gasteiger partial charge in [-0.3, -0.25) is 0 Å². The van der Waals surface area contributed by atoms with E-state index < -0.39 is 0 Å². The summed E-state index contributed by atoms with van der Waals surface area (Å²) in [5.41, 5.74) is 5.98. The van der Waals surface area contributed by atoms with Crippen LogP contribution in [0, 0.1) is 5.92 Å². The first-order valence-electron chi connectivity index (χ1n) is 5.64. The molecule has 0 bridgehead atoms. The molecule has 0 fully saturated rings. The Bertz CT molecular complexity index is 280. The molecule has 1 aromatic heterocycles. The number of nitrogens with two attached hydrogens (primary N) is 1. The zero-order chi connectivity index (χ0) is 11.3. The normalized spacial score (nSPS) is 13.1. The molecule has 0 amide bonds. The molecule has 1 aromatic rings. The molecule has 0 saturated heterocycles. The predicted octanol–water partition coefficient (Wildman–Crippen LogP) is 1.69. The number of imidazole rings is 1. The molecule has 1 heterocycles. The predicted molar refractivity (Wildman–Crippen MR) is 63.8 cm³/mol. The first-order valence-corrected chi connectivity index (χ1v) is 5.64. The fourth-order valence-electron chi connectivity index (χ4n) is 1.64. The lowest BCUT2D eigenvalue weighted by molar-refractivity contribution is 0.507. The van der Waals surface area contributed by atoms with Gasteiger partial charge in [0.25, 0.3) is 0 Å². The van der Waals surface area contributed by atoms with Crippen LogP contribution < -0.4 is 11.1 Å². The van der Waals surface area contributed by atoms with Crippen molar-refractivity contribution in [2.45, 2.75) is 39.8 Å². The van der Waals surface area contributed by atoms with Crippen molar-refractivity contribution in [3.8, 4) is 0 Å². The van der Waals surface area contributed by atoms with E-state index in [1.54, 1.807) is 6.20 Å². The summed E-state index contributed by atoms with van der Waals surface area (Å²) in [6.07, 6.45) is 4.82. The number of nitrogens with one attached hydrogen (secondary N) is 1. The van der Waals surface area contributed by atoms with E-state index in [1.165, 1.54) is 0 Å². The molecular weight excluding hydrogens is 188 g/mol. The maximum absolute atomic E-state index is 5.98. The third kappa shape index (κ3) is 3.91. The molecule has 3 N–H and O–H groups in total. The standard InChI is InChI=1S/C11H22N4/c1-4-15-6-5-13-11(15)14-8-10(12)7-9(2)3/h5-6,9-10H,4,7-8,12H2,1-3H3,(H,13,14). The summed E-state index contributed by atoms with van der Waals surface area (Å²) in [4.78, 5) is 4.23. The van der Waals surface area contributed by atoms with Crippen LogP contribution >= 0.6 is 0 Å². The van der Waals surface area contributed by atoms with Gasteiger partial charge in [-0.2, -0.15) is 0 Å². The van der Waals surface area contributed by atoms with Crippen LogP contribution in [0.3, 0.4) is 0 Å². The van der Waals surface area contributed by atoms with E-state index in [0.29, 0.717) is 5.92 Å². The van der Waals surface area contributed by atoms with Gasteiger partial charge in [-0.25, -0.2) is 4.98 Å². The van der Waals surface area contributed by atoms with Gasteiger partial charge in [0.05, 0.1) is 0 Å². The molecule has 0 aromatic carbocycles. The number of aryl methyl sites for hydroxylation is 1. The van der Waals surface area contributed by atoms with Crippen LogP contribution in [0.2, 0.25) is 0 Å². The highest BCUT2D eigenvalue weighted by Gasteiger charge is 2.06. The molecule has 1 unspecified atom stereocenters. The average molecular weight is 210 g/mol. The summed E-state index contributed by atoms with van der Waals surface area (Å²) < 4.78 is 2.07. The van der Waals surface area contributed by atoms with Gasteiger partial charge in [0, 0.05) is 31.5 Å². The molecule has 0 aliphatic rings. The molecule has 0 radical (unpaired) electrons. The van der Waals surface area contributed by atoms with Crippen LogP contribution in [0.1, 0.15) is 27.2 Å². The highest BCUT2D eigenvalue weighted by atomic mass is 15.2. The van der Waals surface area contributed by atoms with E-state index in [2.05, 4.69) is 35.6 Å². The largest absolute Gasteiger partial charge is 0.354 e. The van der Waals surface area contributed by atoms with Gasteiger partial charge in [-0.1, -0.05) is 13.8 Å². The molecular formula is C11H22N4. The summed E-state index contributed by atoms with van der Waals surface area (Å²) in [6.45, 7) is 8.19. The minimum atomic E-state index is 0.201. The van der Waals surface area contributed by atoms with Gasteiger partial charge in [0.1, 0.15) is 0 Å². The Labute approximate surface area is 91.9 Å². The fraction of sp³-hybridized carbons (Fsp3) is 0.727. The second-order valence-corrected chi connectivity index (χ2v) is 4.31. The van der Waals surface area contributed by atoms with Crippen LogP contribution in [0.4, 0.5) is 5.95 Å². The van der Waals surface area contributed by atoms with Crippen molar-refractivity contribution in [3.63, 3.8) is 0 Å². The molecule has 15 heavy (non-hydrogen) atoms. The Morgan fingerprint density at radius 2 is 2.27 bits per heavy atom. The zero-order valence-electron chi connectivity index (χ0n) is 9.90. The van der Waals surface area contributed by atoms with Crippen LogP contribution in [-0.2, 0) is 6.54 Å². The molecule has 86 valence electrons. The van der Waals surface area contributed by atoms with Gasteiger partial charge >= 0.3 is 0 Å². The number of hydrogen-bond acceptors (Lipinski definition) is 3. The molecule has 4 nitrogen and oxygen atoms in total. The van der Waals surface area contributed by atoms with E-state index in [4.69, 9.17) is 5.73 Å². The molecule has 1 rings (SSSR count). The average Bonchev–Trinajstić information content (AvgIpc) is 2.60. The lowest BCUT2D eigenvalue weighted by Gasteiger charge is -2.15. The van der Waals surface area contributed by atoms with Crippen LogP contribution in [0.25, 0.3) is 0 Å². The highest BCUT2D eigenvalue weighted by Crippen LogP contribution is 2.06. The smallest absolute Gasteiger partial charge is 0.202 e. The zero-order valence-corrected chi connectivity index (χ0v) is 9.90. The first-order chi connectivity index (χ1) is 7.13. The lowest BCUT2D eigenvalue weighted by atomic mass is 10.0.